The predicted octanol–water partition coefficient (Wildman–Crippen LogP) is 3.65. The van der Waals surface area contributed by atoms with Crippen molar-refractivity contribution in [2.75, 3.05) is 6.54 Å². The van der Waals surface area contributed by atoms with E-state index in [4.69, 9.17) is 0 Å². The van der Waals surface area contributed by atoms with Crippen LogP contribution in [-0.2, 0) is 6.42 Å². The standard InChI is InChI=1S/C14H20F3NO/c1-2-9-18-12(7-8-14(15,16)17)10-11-3-5-13(19)6-4-11/h3-6,12,18-19H,2,7-10H2,1H3. The first kappa shape index (κ1) is 15.8. The molecule has 19 heavy (non-hydrogen) atoms. The normalized spacial score (nSPS) is 13.5. The fourth-order valence-corrected chi connectivity index (χ4v) is 1.88. The fourth-order valence-electron chi connectivity index (χ4n) is 1.88. The van der Waals surface area contributed by atoms with E-state index in [2.05, 4.69) is 5.32 Å². The molecule has 2 nitrogen and oxygen atoms in total. The fraction of sp³-hybridized carbons (Fsp3) is 0.571. The molecule has 5 heteroatoms. The lowest BCUT2D eigenvalue weighted by molar-refractivity contribution is -0.136. The molecule has 0 heterocycles. The molecule has 1 rings (SSSR count). The molecule has 0 aliphatic carbocycles. The lowest BCUT2D eigenvalue weighted by Crippen LogP contribution is -2.33. The number of phenolic OH excluding ortho intramolecular Hbond substituents is 1. The van der Waals surface area contributed by atoms with Gasteiger partial charge in [-0.05, 0) is 43.5 Å². The Balaban J connectivity index is 2.55. The first-order valence-corrected chi connectivity index (χ1v) is 6.48. The zero-order valence-corrected chi connectivity index (χ0v) is 11.0. The molecule has 0 bridgehead atoms. The first-order chi connectivity index (χ1) is 8.90. The molecule has 0 fully saturated rings. The van der Waals surface area contributed by atoms with Gasteiger partial charge < -0.3 is 10.4 Å². The lowest BCUT2D eigenvalue weighted by Gasteiger charge is -2.19. The Morgan fingerprint density at radius 1 is 1.21 bits per heavy atom. The zero-order valence-electron chi connectivity index (χ0n) is 11.0. The number of halogens is 3. The minimum absolute atomic E-state index is 0.0738. The van der Waals surface area contributed by atoms with E-state index >= 15 is 0 Å². The predicted molar refractivity (Wildman–Crippen MR) is 69.2 cm³/mol. The van der Waals surface area contributed by atoms with E-state index in [1.165, 1.54) is 0 Å². The Labute approximate surface area is 111 Å². The van der Waals surface area contributed by atoms with E-state index < -0.39 is 12.6 Å². The van der Waals surface area contributed by atoms with Gasteiger partial charge in [0.1, 0.15) is 5.75 Å². The van der Waals surface area contributed by atoms with E-state index in [0.29, 0.717) is 13.0 Å². The van der Waals surface area contributed by atoms with Gasteiger partial charge in [0.05, 0.1) is 0 Å². The molecular formula is C14H20F3NO. The van der Waals surface area contributed by atoms with Crippen molar-refractivity contribution in [2.24, 2.45) is 0 Å². The van der Waals surface area contributed by atoms with E-state index in [1.54, 1.807) is 24.3 Å². The second kappa shape index (κ2) is 7.38. The average Bonchev–Trinajstić information content (AvgIpc) is 2.34. The minimum Gasteiger partial charge on any atom is -0.508 e. The Hall–Kier alpha value is -1.23. The maximum atomic E-state index is 12.3. The quantitative estimate of drug-likeness (QED) is 0.796. The molecule has 0 spiro atoms. The average molecular weight is 275 g/mol. The molecule has 0 radical (unpaired) electrons. The zero-order chi connectivity index (χ0) is 14.3. The van der Waals surface area contributed by atoms with Crippen molar-refractivity contribution in [3.63, 3.8) is 0 Å². The van der Waals surface area contributed by atoms with Crippen molar-refractivity contribution in [2.45, 2.75) is 44.8 Å². The van der Waals surface area contributed by atoms with Crippen molar-refractivity contribution in [1.29, 1.82) is 0 Å². The van der Waals surface area contributed by atoms with Crippen LogP contribution in [0, 0.1) is 0 Å². The van der Waals surface area contributed by atoms with Crippen molar-refractivity contribution >= 4 is 0 Å². The summed E-state index contributed by atoms with van der Waals surface area (Å²) in [5.74, 6) is 0.164. The van der Waals surface area contributed by atoms with Crippen molar-refractivity contribution in [1.82, 2.24) is 5.32 Å². The smallest absolute Gasteiger partial charge is 0.389 e. The van der Waals surface area contributed by atoms with Crippen LogP contribution in [0.25, 0.3) is 0 Å². The number of phenols is 1. The molecule has 0 aromatic heterocycles. The summed E-state index contributed by atoms with van der Waals surface area (Å²) in [6, 6.07) is 6.39. The molecule has 1 unspecified atom stereocenters. The van der Waals surface area contributed by atoms with Crippen LogP contribution < -0.4 is 5.32 Å². The Bertz CT molecular complexity index is 362. The number of rotatable bonds is 7. The van der Waals surface area contributed by atoms with Gasteiger partial charge in [-0.15, -0.1) is 0 Å². The van der Waals surface area contributed by atoms with Gasteiger partial charge in [-0.3, -0.25) is 0 Å². The van der Waals surface area contributed by atoms with Gasteiger partial charge in [-0.1, -0.05) is 19.1 Å². The van der Waals surface area contributed by atoms with E-state index in [9.17, 15) is 18.3 Å². The monoisotopic (exact) mass is 275 g/mol. The van der Waals surface area contributed by atoms with Gasteiger partial charge in [0.15, 0.2) is 0 Å². The lowest BCUT2D eigenvalue weighted by atomic mass is 10.0. The summed E-state index contributed by atoms with van der Waals surface area (Å²) in [5.41, 5.74) is 0.925. The topological polar surface area (TPSA) is 32.3 Å². The number of hydrogen-bond acceptors (Lipinski definition) is 2. The van der Waals surface area contributed by atoms with Crippen molar-refractivity contribution < 1.29 is 18.3 Å². The molecule has 0 amide bonds. The van der Waals surface area contributed by atoms with E-state index in [-0.39, 0.29) is 18.2 Å². The second-order valence-corrected chi connectivity index (χ2v) is 4.68. The summed E-state index contributed by atoms with van der Waals surface area (Å²) < 4.78 is 36.8. The third-order valence-corrected chi connectivity index (χ3v) is 2.88. The van der Waals surface area contributed by atoms with Gasteiger partial charge in [0.25, 0.3) is 0 Å². The van der Waals surface area contributed by atoms with Crippen LogP contribution >= 0.6 is 0 Å². The highest BCUT2D eigenvalue weighted by Gasteiger charge is 2.28. The maximum Gasteiger partial charge on any atom is 0.389 e. The van der Waals surface area contributed by atoms with Crippen molar-refractivity contribution in [3.05, 3.63) is 29.8 Å². The largest absolute Gasteiger partial charge is 0.508 e. The molecule has 1 atom stereocenters. The summed E-state index contributed by atoms with van der Waals surface area (Å²) in [5, 5.41) is 12.3. The third-order valence-electron chi connectivity index (χ3n) is 2.88. The van der Waals surface area contributed by atoms with Crippen LogP contribution in [-0.4, -0.2) is 23.9 Å². The highest BCUT2D eigenvalue weighted by Crippen LogP contribution is 2.23. The SMILES string of the molecule is CCCNC(CCC(F)(F)F)Cc1ccc(O)cc1. The van der Waals surface area contributed by atoms with E-state index in [0.717, 1.165) is 12.0 Å². The first-order valence-electron chi connectivity index (χ1n) is 6.48. The number of benzene rings is 1. The van der Waals surface area contributed by atoms with Crippen LogP contribution in [0.1, 0.15) is 31.7 Å². The highest BCUT2D eigenvalue weighted by atomic mass is 19.4. The molecule has 0 saturated heterocycles. The van der Waals surface area contributed by atoms with Gasteiger partial charge >= 0.3 is 6.18 Å². The Morgan fingerprint density at radius 3 is 2.37 bits per heavy atom. The highest BCUT2D eigenvalue weighted by molar-refractivity contribution is 5.26. The number of aromatic hydroxyl groups is 1. The second-order valence-electron chi connectivity index (χ2n) is 4.68. The van der Waals surface area contributed by atoms with Gasteiger partial charge in [-0.2, -0.15) is 13.2 Å². The van der Waals surface area contributed by atoms with Crippen LogP contribution in [0.4, 0.5) is 13.2 Å². The molecule has 0 aliphatic rings. The van der Waals surface area contributed by atoms with Gasteiger partial charge in [0.2, 0.25) is 0 Å². The van der Waals surface area contributed by atoms with Crippen LogP contribution in [0.3, 0.4) is 0 Å². The van der Waals surface area contributed by atoms with Crippen LogP contribution in [0.2, 0.25) is 0 Å². The summed E-state index contributed by atoms with van der Waals surface area (Å²) >= 11 is 0. The number of alkyl halides is 3. The van der Waals surface area contributed by atoms with Crippen molar-refractivity contribution in [3.8, 4) is 5.75 Å². The molecule has 1 aromatic carbocycles. The summed E-state index contributed by atoms with van der Waals surface area (Å²) in [6.07, 6.45) is -3.38. The molecule has 1 aromatic rings. The summed E-state index contributed by atoms with van der Waals surface area (Å²) in [6.45, 7) is 2.69. The van der Waals surface area contributed by atoms with Crippen LogP contribution in [0.5, 0.6) is 5.75 Å². The molecule has 108 valence electrons. The maximum absolute atomic E-state index is 12.3. The van der Waals surface area contributed by atoms with Gasteiger partial charge in [0, 0.05) is 12.5 Å². The molecule has 2 N–H and O–H groups in total. The third kappa shape index (κ3) is 7.06. The minimum atomic E-state index is -4.11. The number of nitrogens with one attached hydrogen (secondary N) is 1. The van der Waals surface area contributed by atoms with Crippen LogP contribution in [0.15, 0.2) is 24.3 Å². The van der Waals surface area contributed by atoms with E-state index in [1.807, 2.05) is 6.92 Å². The Morgan fingerprint density at radius 2 is 1.84 bits per heavy atom. The van der Waals surface area contributed by atoms with Gasteiger partial charge in [-0.25, -0.2) is 0 Å². The summed E-state index contributed by atoms with van der Waals surface area (Å²) in [7, 11) is 0. The number of hydrogen-bond donors (Lipinski definition) is 2. The summed E-state index contributed by atoms with van der Waals surface area (Å²) in [4.78, 5) is 0. The molecule has 0 aliphatic heterocycles. The molecule has 0 saturated carbocycles. The molecular weight excluding hydrogens is 255 g/mol. The Kier molecular flexibility index (Phi) is 6.15.